The summed E-state index contributed by atoms with van der Waals surface area (Å²) < 4.78 is 0. The molecule has 0 aliphatic rings. The molecule has 0 amide bonds. The third kappa shape index (κ3) is 3.05. The zero-order chi connectivity index (χ0) is 13.8. The van der Waals surface area contributed by atoms with E-state index in [4.69, 9.17) is 5.11 Å². The Balaban J connectivity index is 2.26. The Morgan fingerprint density at radius 1 is 1.21 bits per heavy atom. The molecule has 1 aromatic heterocycles. The number of aromatic carboxylic acids is 1. The van der Waals surface area contributed by atoms with Crippen LogP contribution in [0.3, 0.4) is 0 Å². The van der Waals surface area contributed by atoms with Crippen LogP contribution in [0.1, 0.15) is 10.5 Å². The van der Waals surface area contributed by atoms with Gasteiger partial charge in [-0.1, -0.05) is 23.9 Å². The molecule has 0 unspecified atom stereocenters. The molecule has 0 radical (unpaired) electrons. The Morgan fingerprint density at radius 2 is 1.95 bits per heavy atom. The third-order valence-electron chi connectivity index (χ3n) is 2.14. The van der Waals surface area contributed by atoms with E-state index >= 15 is 0 Å². The van der Waals surface area contributed by atoms with E-state index in [1.165, 1.54) is 18.2 Å². The van der Waals surface area contributed by atoms with Crippen LogP contribution in [0.2, 0.25) is 0 Å². The fourth-order valence-electron chi connectivity index (χ4n) is 1.30. The summed E-state index contributed by atoms with van der Waals surface area (Å²) in [5.41, 5.74) is -0.205. The van der Waals surface area contributed by atoms with Crippen molar-refractivity contribution < 1.29 is 14.8 Å². The lowest BCUT2D eigenvalue weighted by Gasteiger charge is -2.01. The van der Waals surface area contributed by atoms with Gasteiger partial charge in [0.1, 0.15) is 5.03 Å². The molecule has 1 heterocycles. The number of carbonyl (C=O) groups is 1. The van der Waals surface area contributed by atoms with E-state index in [1.54, 1.807) is 18.2 Å². The predicted octanol–water partition coefficient (Wildman–Crippen LogP) is 2.23. The fraction of sp³-hybridized carbons (Fsp3) is 0. The summed E-state index contributed by atoms with van der Waals surface area (Å²) in [5, 5.41) is 27.1. The molecule has 7 nitrogen and oxygen atoms in total. The Hall–Kier alpha value is -2.48. The van der Waals surface area contributed by atoms with Gasteiger partial charge < -0.3 is 5.11 Å². The van der Waals surface area contributed by atoms with Gasteiger partial charge in [-0.3, -0.25) is 10.1 Å². The van der Waals surface area contributed by atoms with E-state index in [0.29, 0.717) is 9.92 Å². The summed E-state index contributed by atoms with van der Waals surface area (Å²) in [4.78, 5) is 21.4. The summed E-state index contributed by atoms with van der Waals surface area (Å²) >= 11 is 1.05. The molecular formula is C11H7N3O4S. The van der Waals surface area contributed by atoms with E-state index in [-0.39, 0.29) is 11.4 Å². The van der Waals surface area contributed by atoms with Gasteiger partial charge in [0, 0.05) is 6.07 Å². The lowest BCUT2D eigenvalue weighted by Crippen LogP contribution is -2.01. The molecule has 2 rings (SSSR count). The number of hydrogen-bond acceptors (Lipinski definition) is 6. The van der Waals surface area contributed by atoms with Gasteiger partial charge >= 0.3 is 5.97 Å². The van der Waals surface area contributed by atoms with Crippen LogP contribution in [0, 0.1) is 10.1 Å². The molecule has 1 aromatic carbocycles. The number of nitrogens with zero attached hydrogens (tertiary/aromatic N) is 3. The molecule has 19 heavy (non-hydrogen) atoms. The molecule has 2 aromatic rings. The van der Waals surface area contributed by atoms with Crippen molar-refractivity contribution in [1.82, 2.24) is 10.2 Å². The second kappa shape index (κ2) is 5.44. The van der Waals surface area contributed by atoms with Crippen LogP contribution < -0.4 is 0 Å². The molecular weight excluding hydrogens is 270 g/mol. The second-order valence-corrected chi connectivity index (χ2v) is 4.45. The monoisotopic (exact) mass is 277 g/mol. The van der Waals surface area contributed by atoms with E-state index in [2.05, 4.69) is 10.2 Å². The fourth-order valence-corrected chi connectivity index (χ4v) is 2.13. The summed E-state index contributed by atoms with van der Waals surface area (Å²) in [5.74, 6) is -1.17. The molecule has 0 spiro atoms. The Kier molecular flexibility index (Phi) is 3.71. The minimum absolute atomic E-state index is 0.0309. The zero-order valence-electron chi connectivity index (χ0n) is 9.39. The van der Waals surface area contributed by atoms with Gasteiger partial charge in [-0.25, -0.2) is 4.79 Å². The first-order chi connectivity index (χ1) is 9.08. The third-order valence-corrected chi connectivity index (χ3v) is 3.13. The molecule has 0 saturated carbocycles. The number of carboxylic acids is 1. The average molecular weight is 277 g/mol. The maximum absolute atomic E-state index is 10.8. The largest absolute Gasteiger partial charge is 0.476 e. The van der Waals surface area contributed by atoms with Crippen molar-refractivity contribution in [3.63, 3.8) is 0 Å². The van der Waals surface area contributed by atoms with Gasteiger partial charge in [0.2, 0.25) is 0 Å². The Morgan fingerprint density at radius 3 is 2.53 bits per heavy atom. The van der Waals surface area contributed by atoms with Crippen molar-refractivity contribution in [2.75, 3.05) is 0 Å². The number of benzene rings is 1. The Bertz CT molecular complexity index is 630. The van der Waals surface area contributed by atoms with Gasteiger partial charge in [0.15, 0.2) is 5.69 Å². The number of rotatable bonds is 4. The summed E-state index contributed by atoms with van der Waals surface area (Å²) in [7, 11) is 0. The second-order valence-electron chi connectivity index (χ2n) is 3.39. The first kappa shape index (κ1) is 13.0. The highest BCUT2D eigenvalue weighted by Crippen LogP contribution is 2.32. The van der Waals surface area contributed by atoms with Crippen molar-refractivity contribution in [2.45, 2.75) is 9.92 Å². The molecule has 0 saturated heterocycles. The summed E-state index contributed by atoms with van der Waals surface area (Å²) in [6.07, 6.45) is 0. The first-order valence-corrected chi connectivity index (χ1v) is 5.88. The van der Waals surface area contributed by atoms with Gasteiger partial charge in [-0.2, -0.15) is 0 Å². The highest BCUT2D eigenvalue weighted by molar-refractivity contribution is 7.99. The zero-order valence-corrected chi connectivity index (χ0v) is 10.2. The van der Waals surface area contributed by atoms with Crippen LogP contribution in [0.5, 0.6) is 0 Å². The lowest BCUT2D eigenvalue weighted by molar-refractivity contribution is -0.387. The maximum Gasteiger partial charge on any atom is 0.356 e. The van der Waals surface area contributed by atoms with Gasteiger partial charge in [-0.15, -0.1) is 10.2 Å². The highest BCUT2D eigenvalue weighted by Gasteiger charge is 2.14. The van der Waals surface area contributed by atoms with Gasteiger partial charge in [-0.05, 0) is 18.2 Å². The lowest BCUT2D eigenvalue weighted by atomic mass is 10.3. The van der Waals surface area contributed by atoms with Crippen molar-refractivity contribution in [1.29, 1.82) is 0 Å². The quantitative estimate of drug-likeness (QED) is 0.674. The molecule has 0 aliphatic heterocycles. The van der Waals surface area contributed by atoms with Crippen LogP contribution in [-0.4, -0.2) is 26.2 Å². The number of carboxylic acid groups (broad SMARTS) is 1. The van der Waals surface area contributed by atoms with Crippen molar-refractivity contribution in [3.05, 3.63) is 52.2 Å². The number of para-hydroxylation sites is 1. The summed E-state index contributed by atoms with van der Waals surface area (Å²) in [6.45, 7) is 0. The topological polar surface area (TPSA) is 106 Å². The standard InChI is InChI=1S/C11H7N3O4S/c15-11(16)7-5-6-10(13-12-7)19-9-4-2-1-3-8(9)14(17)18/h1-6H,(H,15,16). The van der Waals surface area contributed by atoms with Crippen LogP contribution in [0.4, 0.5) is 5.69 Å². The number of nitro groups is 1. The van der Waals surface area contributed by atoms with Gasteiger partial charge in [0.25, 0.3) is 5.69 Å². The van der Waals surface area contributed by atoms with Crippen LogP contribution >= 0.6 is 11.8 Å². The number of hydrogen-bond donors (Lipinski definition) is 1. The molecule has 0 aliphatic carbocycles. The van der Waals surface area contributed by atoms with E-state index in [0.717, 1.165) is 11.8 Å². The Labute approximate surface area is 111 Å². The summed E-state index contributed by atoms with van der Waals surface area (Å²) in [6, 6.07) is 8.98. The average Bonchev–Trinajstić information content (AvgIpc) is 2.39. The molecule has 0 fully saturated rings. The first-order valence-electron chi connectivity index (χ1n) is 5.06. The van der Waals surface area contributed by atoms with Crippen molar-refractivity contribution >= 4 is 23.4 Å². The minimum atomic E-state index is -1.17. The van der Waals surface area contributed by atoms with Gasteiger partial charge in [0.05, 0.1) is 9.82 Å². The normalized spacial score (nSPS) is 10.1. The molecule has 96 valence electrons. The maximum atomic E-state index is 10.8. The highest BCUT2D eigenvalue weighted by atomic mass is 32.2. The van der Waals surface area contributed by atoms with Crippen molar-refractivity contribution in [2.24, 2.45) is 0 Å². The molecule has 0 atom stereocenters. The minimum Gasteiger partial charge on any atom is -0.476 e. The molecule has 0 bridgehead atoms. The van der Waals surface area contributed by atoms with Crippen LogP contribution in [0.15, 0.2) is 46.3 Å². The van der Waals surface area contributed by atoms with E-state index in [9.17, 15) is 14.9 Å². The number of aromatic nitrogens is 2. The predicted molar refractivity (Wildman–Crippen MR) is 66.2 cm³/mol. The molecule has 1 N–H and O–H groups in total. The SMILES string of the molecule is O=C(O)c1ccc(Sc2ccccc2[N+](=O)[O-])nn1. The van der Waals surface area contributed by atoms with Crippen LogP contribution in [-0.2, 0) is 0 Å². The molecule has 8 heteroatoms. The van der Waals surface area contributed by atoms with Crippen molar-refractivity contribution in [3.8, 4) is 0 Å². The van der Waals surface area contributed by atoms with E-state index in [1.807, 2.05) is 0 Å². The van der Waals surface area contributed by atoms with Crippen LogP contribution in [0.25, 0.3) is 0 Å². The van der Waals surface area contributed by atoms with E-state index < -0.39 is 10.9 Å². The number of nitro benzene ring substituents is 1. The smallest absolute Gasteiger partial charge is 0.356 e.